The minimum absolute atomic E-state index is 0.251. The first-order valence-corrected chi connectivity index (χ1v) is 4.27. The van der Waals surface area contributed by atoms with Crippen molar-refractivity contribution in [2.24, 2.45) is 0 Å². The summed E-state index contributed by atoms with van der Waals surface area (Å²) in [7, 11) is 0. The Kier molecular flexibility index (Phi) is 2.32. The third kappa shape index (κ3) is 1.93. The van der Waals surface area contributed by atoms with Crippen LogP contribution in [0.3, 0.4) is 0 Å². The fourth-order valence-corrected chi connectivity index (χ4v) is 1.11. The number of pyridine rings is 1. The number of aromatic amines is 1. The monoisotopic (exact) mass is 203 g/mol. The molecule has 2 rings (SSSR count). The zero-order chi connectivity index (χ0) is 10.7. The van der Waals surface area contributed by atoms with Crippen molar-refractivity contribution in [3.8, 4) is 0 Å². The third-order valence-electron chi connectivity index (χ3n) is 1.85. The summed E-state index contributed by atoms with van der Waals surface area (Å²) in [5, 5.41) is 8.82. The van der Waals surface area contributed by atoms with Gasteiger partial charge < -0.3 is 11.1 Å². The van der Waals surface area contributed by atoms with Gasteiger partial charge in [0, 0.05) is 18.1 Å². The summed E-state index contributed by atoms with van der Waals surface area (Å²) in [5.41, 5.74) is 6.49. The molecule has 15 heavy (non-hydrogen) atoms. The Balaban J connectivity index is 2.15. The predicted molar refractivity (Wildman–Crippen MR) is 55.2 cm³/mol. The van der Waals surface area contributed by atoms with Crippen LogP contribution in [-0.2, 0) is 0 Å². The molecule has 2 aromatic heterocycles. The van der Waals surface area contributed by atoms with E-state index in [1.807, 2.05) is 0 Å². The topological polar surface area (TPSA) is 96.7 Å². The minimum Gasteiger partial charge on any atom is -0.383 e. The van der Waals surface area contributed by atoms with Gasteiger partial charge in [-0.05, 0) is 12.1 Å². The number of H-pyrrole nitrogens is 1. The van der Waals surface area contributed by atoms with E-state index in [1.54, 1.807) is 24.5 Å². The summed E-state index contributed by atoms with van der Waals surface area (Å²) in [5.74, 6) is -0.0472. The van der Waals surface area contributed by atoms with Crippen molar-refractivity contribution in [3.63, 3.8) is 0 Å². The Hall–Kier alpha value is -2.37. The highest BCUT2D eigenvalue weighted by Crippen LogP contribution is 2.10. The van der Waals surface area contributed by atoms with E-state index in [-0.39, 0.29) is 11.7 Å². The smallest absolute Gasteiger partial charge is 0.261 e. The largest absolute Gasteiger partial charge is 0.383 e. The first-order valence-electron chi connectivity index (χ1n) is 4.27. The van der Waals surface area contributed by atoms with E-state index >= 15 is 0 Å². The highest BCUT2D eigenvalue weighted by molar-refractivity contribution is 6.06. The van der Waals surface area contributed by atoms with Crippen LogP contribution in [0.4, 0.5) is 11.5 Å². The summed E-state index contributed by atoms with van der Waals surface area (Å²) >= 11 is 0. The molecule has 6 nitrogen and oxygen atoms in total. The van der Waals surface area contributed by atoms with Crippen LogP contribution in [0.2, 0.25) is 0 Å². The summed E-state index contributed by atoms with van der Waals surface area (Å²) in [6.07, 6.45) is 4.56. The summed E-state index contributed by atoms with van der Waals surface area (Å²) in [6, 6.07) is 3.38. The Morgan fingerprint density at radius 1 is 1.40 bits per heavy atom. The molecule has 0 aliphatic carbocycles. The second-order valence-corrected chi connectivity index (χ2v) is 2.89. The molecule has 0 saturated carbocycles. The number of aromatic nitrogens is 3. The molecule has 1 amide bonds. The molecule has 0 aliphatic rings. The summed E-state index contributed by atoms with van der Waals surface area (Å²) in [4.78, 5) is 15.5. The molecule has 0 aromatic carbocycles. The van der Waals surface area contributed by atoms with E-state index in [9.17, 15) is 4.79 Å². The summed E-state index contributed by atoms with van der Waals surface area (Å²) in [6.45, 7) is 0. The second kappa shape index (κ2) is 3.79. The normalized spacial score (nSPS) is 9.87. The Bertz CT molecular complexity index is 464. The first-order chi connectivity index (χ1) is 7.27. The number of amides is 1. The van der Waals surface area contributed by atoms with Gasteiger partial charge in [-0.1, -0.05) is 0 Å². The maximum absolute atomic E-state index is 11.6. The lowest BCUT2D eigenvalue weighted by molar-refractivity contribution is 0.102. The maximum Gasteiger partial charge on any atom is 0.261 e. The highest BCUT2D eigenvalue weighted by atomic mass is 16.1. The van der Waals surface area contributed by atoms with Crippen LogP contribution < -0.4 is 11.1 Å². The number of carbonyl (C=O) groups excluding carboxylic acids is 1. The van der Waals surface area contributed by atoms with E-state index in [1.165, 1.54) is 6.20 Å². The number of hydrogen-bond acceptors (Lipinski definition) is 4. The van der Waals surface area contributed by atoms with Gasteiger partial charge in [0.25, 0.3) is 5.91 Å². The molecule has 0 bridgehead atoms. The van der Waals surface area contributed by atoms with Crippen LogP contribution in [0.25, 0.3) is 0 Å². The van der Waals surface area contributed by atoms with Gasteiger partial charge in [0.05, 0.1) is 6.20 Å². The van der Waals surface area contributed by atoms with E-state index < -0.39 is 0 Å². The molecule has 4 N–H and O–H groups in total. The fraction of sp³-hybridized carbons (Fsp3) is 0. The lowest BCUT2D eigenvalue weighted by Crippen LogP contribution is -2.12. The second-order valence-electron chi connectivity index (χ2n) is 2.89. The maximum atomic E-state index is 11.6. The molecule has 0 aliphatic heterocycles. The molecule has 2 aromatic rings. The highest BCUT2D eigenvalue weighted by Gasteiger charge is 2.11. The van der Waals surface area contributed by atoms with E-state index in [0.29, 0.717) is 11.3 Å². The molecule has 0 fully saturated rings. The number of hydrogen-bond donors (Lipinski definition) is 3. The molecular weight excluding hydrogens is 194 g/mol. The van der Waals surface area contributed by atoms with Crippen LogP contribution in [0.1, 0.15) is 10.4 Å². The number of rotatable bonds is 2. The molecule has 0 unspecified atom stereocenters. The first kappa shape index (κ1) is 9.20. The Labute approximate surface area is 85.5 Å². The Morgan fingerprint density at radius 3 is 2.73 bits per heavy atom. The van der Waals surface area contributed by atoms with Crippen molar-refractivity contribution in [1.29, 1.82) is 0 Å². The van der Waals surface area contributed by atoms with Gasteiger partial charge in [-0.3, -0.25) is 14.9 Å². The van der Waals surface area contributed by atoms with Gasteiger partial charge in [0.15, 0.2) is 0 Å². The van der Waals surface area contributed by atoms with Gasteiger partial charge in [0.2, 0.25) is 0 Å². The zero-order valence-corrected chi connectivity index (χ0v) is 7.77. The number of anilines is 2. The molecule has 0 saturated heterocycles. The van der Waals surface area contributed by atoms with Crippen LogP contribution in [-0.4, -0.2) is 21.1 Å². The number of nitrogens with zero attached hydrogens (tertiary/aromatic N) is 2. The minimum atomic E-state index is -0.299. The lowest BCUT2D eigenvalue weighted by Gasteiger charge is -2.02. The number of nitrogens with two attached hydrogens (primary N) is 1. The number of carbonyl (C=O) groups is 1. The SMILES string of the molecule is Nc1[nH]ncc1C(=O)Nc1ccncc1. The van der Waals surface area contributed by atoms with Crippen molar-refractivity contribution in [2.45, 2.75) is 0 Å². The zero-order valence-electron chi connectivity index (χ0n) is 7.77. The quantitative estimate of drug-likeness (QED) is 0.667. The van der Waals surface area contributed by atoms with Gasteiger partial charge in [-0.25, -0.2) is 0 Å². The molecule has 6 heteroatoms. The van der Waals surface area contributed by atoms with Gasteiger partial charge in [-0.15, -0.1) is 0 Å². The van der Waals surface area contributed by atoms with E-state index in [2.05, 4.69) is 20.5 Å². The number of nitrogen functional groups attached to an aromatic ring is 1. The van der Waals surface area contributed by atoms with E-state index in [4.69, 9.17) is 5.73 Å². The van der Waals surface area contributed by atoms with Gasteiger partial charge >= 0.3 is 0 Å². The molecule has 0 atom stereocenters. The van der Waals surface area contributed by atoms with Gasteiger partial charge in [0.1, 0.15) is 11.4 Å². The third-order valence-corrected chi connectivity index (χ3v) is 1.85. The molecule has 0 radical (unpaired) electrons. The average molecular weight is 203 g/mol. The Morgan fingerprint density at radius 2 is 2.13 bits per heavy atom. The number of nitrogens with one attached hydrogen (secondary N) is 2. The molecule has 0 spiro atoms. The standard InChI is InChI=1S/C9H9N5O/c10-8-7(5-12-14-8)9(15)13-6-1-3-11-4-2-6/h1-5H,(H3,10,12,14)(H,11,13,15). The fourth-order valence-electron chi connectivity index (χ4n) is 1.11. The molecule has 76 valence electrons. The van der Waals surface area contributed by atoms with Crippen LogP contribution in [0.5, 0.6) is 0 Å². The predicted octanol–water partition coefficient (Wildman–Crippen LogP) is 0.639. The van der Waals surface area contributed by atoms with Crippen LogP contribution >= 0.6 is 0 Å². The van der Waals surface area contributed by atoms with Crippen molar-refractivity contribution in [3.05, 3.63) is 36.3 Å². The van der Waals surface area contributed by atoms with Crippen molar-refractivity contribution in [2.75, 3.05) is 11.1 Å². The van der Waals surface area contributed by atoms with Gasteiger partial charge in [-0.2, -0.15) is 5.10 Å². The van der Waals surface area contributed by atoms with Crippen LogP contribution in [0, 0.1) is 0 Å². The lowest BCUT2D eigenvalue weighted by atomic mass is 10.3. The molecule has 2 heterocycles. The van der Waals surface area contributed by atoms with Crippen molar-refractivity contribution in [1.82, 2.24) is 15.2 Å². The average Bonchev–Trinajstić information content (AvgIpc) is 2.66. The van der Waals surface area contributed by atoms with Crippen LogP contribution in [0.15, 0.2) is 30.7 Å². The van der Waals surface area contributed by atoms with Crippen molar-refractivity contribution >= 4 is 17.4 Å². The van der Waals surface area contributed by atoms with E-state index in [0.717, 1.165) is 0 Å². The summed E-state index contributed by atoms with van der Waals surface area (Å²) < 4.78 is 0. The molecular formula is C9H9N5O. The van der Waals surface area contributed by atoms with Crippen molar-refractivity contribution < 1.29 is 4.79 Å².